The molecule has 2 fully saturated rings. The molecule has 1 unspecified atom stereocenters. The van der Waals surface area contributed by atoms with E-state index in [0.717, 1.165) is 12.8 Å². The quantitative estimate of drug-likeness (QED) is 0.312. The number of hydrogen-bond acceptors (Lipinski definition) is 9. The van der Waals surface area contributed by atoms with Gasteiger partial charge in [-0.15, -0.1) is 0 Å². The Morgan fingerprint density at radius 2 is 1.89 bits per heavy atom. The van der Waals surface area contributed by atoms with Crippen molar-refractivity contribution < 1.29 is 27.4 Å². The highest BCUT2D eigenvalue weighted by Crippen LogP contribution is 2.42. The average Bonchev–Trinajstić information content (AvgIpc) is 3.58. The first-order valence-electron chi connectivity index (χ1n) is 14.6. The van der Waals surface area contributed by atoms with Gasteiger partial charge in [0.25, 0.3) is 0 Å². The summed E-state index contributed by atoms with van der Waals surface area (Å²) in [4.78, 5) is 22.9. The smallest absolute Gasteiger partial charge is 0.429 e. The molecule has 10 nitrogen and oxygen atoms in total. The molecule has 3 N–H and O–H groups in total. The third kappa shape index (κ3) is 7.04. The zero-order chi connectivity index (χ0) is 31.8. The normalized spacial score (nSPS) is 19.8. The number of alkyl halides is 3. The molecule has 0 saturated carbocycles. The third-order valence-electron chi connectivity index (χ3n) is 8.52. The molecule has 1 spiro atoms. The minimum Gasteiger partial charge on any atom is -0.461 e. The number of halogens is 4. The number of carbonyl (C=O) groups excluding carboxylic acids is 1. The summed E-state index contributed by atoms with van der Waals surface area (Å²) in [6, 6.07) is 6.73. The lowest BCUT2D eigenvalue weighted by Gasteiger charge is -2.39. The fourth-order valence-corrected chi connectivity index (χ4v) is 5.81. The van der Waals surface area contributed by atoms with Crippen LogP contribution < -0.4 is 20.7 Å². The number of nitrogens with zero attached hydrogens (tertiary/aromatic N) is 5. The Morgan fingerprint density at radius 1 is 1.16 bits per heavy atom. The fourth-order valence-electron chi connectivity index (χ4n) is 5.64. The first-order chi connectivity index (χ1) is 20.7. The van der Waals surface area contributed by atoms with Gasteiger partial charge < -0.3 is 25.4 Å². The molecule has 0 aliphatic carbocycles. The summed E-state index contributed by atoms with van der Waals surface area (Å²) in [7, 11) is 0. The Labute approximate surface area is 259 Å². The zero-order valence-corrected chi connectivity index (χ0v) is 25.8. The van der Waals surface area contributed by atoms with Gasteiger partial charge in [0.1, 0.15) is 18.0 Å². The van der Waals surface area contributed by atoms with Crippen LogP contribution in [-0.4, -0.2) is 63.7 Å². The van der Waals surface area contributed by atoms with Crippen LogP contribution in [0, 0.1) is 18.3 Å². The molecule has 238 valence electrons. The number of hydrogen-bond donors (Lipinski definition) is 2. The highest BCUT2D eigenvalue weighted by atomic mass is 35.5. The first-order valence-corrected chi connectivity index (χ1v) is 15.0. The predicted molar refractivity (Wildman–Crippen MR) is 160 cm³/mol. The number of nitrogens with one attached hydrogen (secondary N) is 1. The van der Waals surface area contributed by atoms with Gasteiger partial charge in [0.15, 0.2) is 0 Å². The van der Waals surface area contributed by atoms with Crippen molar-refractivity contribution in [1.29, 1.82) is 0 Å². The van der Waals surface area contributed by atoms with Crippen LogP contribution in [0.5, 0.6) is 5.88 Å². The van der Waals surface area contributed by atoms with Crippen LogP contribution >= 0.6 is 11.6 Å². The molecule has 14 heteroatoms. The molecule has 4 heterocycles. The minimum atomic E-state index is -4.80. The number of aromatic nitrogens is 4. The molecule has 3 atom stereocenters. The summed E-state index contributed by atoms with van der Waals surface area (Å²) in [5.74, 6) is -0.150. The maximum absolute atomic E-state index is 14.5. The molecule has 2 aromatic heterocycles. The number of aryl methyl sites for hydroxylation is 1. The molecule has 0 amide bonds. The van der Waals surface area contributed by atoms with Crippen molar-refractivity contribution in [2.24, 2.45) is 11.3 Å². The number of esters is 1. The van der Waals surface area contributed by atoms with E-state index in [4.69, 9.17) is 26.8 Å². The largest absolute Gasteiger partial charge is 0.461 e. The number of ether oxygens (including phenoxy) is 2. The van der Waals surface area contributed by atoms with Gasteiger partial charge in [-0.2, -0.15) is 28.2 Å². The van der Waals surface area contributed by atoms with Crippen LogP contribution in [-0.2, 0) is 9.53 Å². The van der Waals surface area contributed by atoms with Crippen molar-refractivity contribution in [2.45, 2.75) is 71.4 Å². The van der Waals surface area contributed by atoms with E-state index >= 15 is 0 Å². The molecular formula is C30H37ClF3N7O3. The summed E-state index contributed by atoms with van der Waals surface area (Å²) < 4.78 is 56.0. The lowest BCUT2D eigenvalue weighted by Crippen LogP contribution is -2.41. The van der Waals surface area contributed by atoms with E-state index in [1.165, 1.54) is 28.9 Å². The van der Waals surface area contributed by atoms with Crippen molar-refractivity contribution in [2.75, 3.05) is 30.3 Å². The molecule has 2 saturated heterocycles. The summed E-state index contributed by atoms with van der Waals surface area (Å²) in [6.45, 7) is 9.47. The van der Waals surface area contributed by atoms with E-state index < -0.39 is 12.3 Å². The molecule has 0 radical (unpaired) electrons. The van der Waals surface area contributed by atoms with E-state index in [-0.39, 0.29) is 57.5 Å². The molecule has 3 aromatic rings. The second kappa shape index (κ2) is 12.4. The van der Waals surface area contributed by atoms with Gasteiger partial charge in [-0.1, -0.05) is 31.5 Å². The monoisotopic (exact) mass is 635 g/mol. The summed E-state index contributed by atoms with van der Waals surface area (Å²) in [6.07, 6.45) is -3.62. The number of benzene rings is 1. The fraction of sp³-hybridized carbons (Fsp3) is 0.533. The summed E-state index contributed by atoms with van der Waals surface area (Å²) >= 11 is 6.15. The molecule has 0 bridgehead atoms. The van der Waals surface area contributed by atoms with Crippen molar-refractivity contribution in [3.63, 3.8) is 0 Å². The SMILES string of the molecule is Cc1ccn(-c2cc(Cl)ccc2[C@@H](Oc2cc(N3CCC4(CC3)CN[C@H](C(=O)OC(C)C(C)C)C4)nc(N)n2)C(F)(F)F)n1. The van der Waals surface area contributed by atoms with Crippen LogP contribution in [0.4, 0.5) is 24.9 Å². The molecule has 5 rings (SSSR count). The van der Waals surface area contributed by atoms with Crippen LogP contribution in [0.3, 0.4) is 0 Å². The minimum absolute atomic E-state index is 0.0869. The highest BCUT2D eigenvalue weighted by Gasteiger charge is 2.46. The van der Waals surface area contributed by atoms with Gasteiger partial charge in [-0.3, -0.25) is 4.79 Å². The molecular weight excluding hydrogens is 599 g/mol. The van der Waals surface area contributed by atoms with Gasteiger partial charge in [0, 0.05) is 42.5 Å². The standard InChI is InChI=1S/C30H37ClF3N7O3/c1-17(2)19(4)43-27(42)22-15-29(16-36-22)8-11-40(12-9-29)24-14-25(38-28(35)37-24)44-26(30(32,33)34)21-6-5-20(31)13-23(21)41-10-7-18(3)39-41/h5-7,10,13-14,17,19,22,26,36H,8-9,11-12,15-16H2,1-4H3,(H2,35,37,38)/t19?,22-,26+/m0/s1. The summed E-state index contributed by atoms with van der Waals surface area (Å²) in [5, 5.41) is 7.84. The Bertz CT molecular complexity index is 1490. The molecule has 2 aliphatic heterocycles. The van der Waals surface area contributed by atoms with E-state index in [1.54, 1.807) is 19.2 Å². The van der Waals surface area contributed by atoms with Gasteiger partial charge in [0.05, 0.1) is 11.4 Å². The number of nitrogen functional groups attached to an aromatic ring is 1. The highest BCUT2D eigenvalue weighted by molar-refractivity contribution is 6.30. The number of carbonyl (C=O) groups is 1. The topological polar surface area (TPSA) is 120 Å². The molecule has 2 aliphatic rings. The van der Waals surface area contributed by atoms with Gasteiger partial charge >= 0.3 is 12.1 Å². The number of piperidine rings is 1. The zero-order valence-electron chi connectivity index (χ0n) is 25.1. The van der Waals surface area contributed by atoms with Gasteiger partial charge in [-0.25, -0.2) is 4.68 Å². The molecule has 1 aromatic carbocycles. The predicted octanol–water partition coefficient (Wildman–Crippen LogP) is 5.42. The van der Waals surface area contributed by atoms with Gasteiger partial charge in [0.2, 0.25) is 17.9 Å². The number of anilines is 2. The van der Waals surface area contributed by atoms with Crippen molar-refractivity contribution >= 4 is 29.3 Å². The van der Waals surface area contributed by atoms with Crippen LogP contribution in [0.1, 0.15) is 57.4 Å². The first kappa shape index (κ1) is 31.8. The Kier molecular flexibility index (Phi) is 8.99. The maximum atomic E-state index is 14.5. The maximum Gasteiger partial charge on any atom is 0.429 e. The second-order valence-electron chi connectivity index (χ2n) is 12.1. The van der Waals surface area contributed by atoms with E-state index in [1.807, 2.05) is 25.7 Å². The van der Waals surface area contributed by atoms with Gasteiger partial charge in [-0.05, 0) is 62.6 Å². The lowest BCUT2D eigenvalue weighted by molar-refractivity contribution is -0.198. The van der Waals surface area contributed by atoms with E-state index in [2.05, 4.69) is 20.4 Å². The Morgan fingerprint density at radius 3 is 2.52 bits per heavy atom. The van der Waals surface area contributed by atoms with E-state index in [0.29, 0.717) is 37.6 Å². The second-order valence-corrected chi connectivity index (χ2v) is 12.5. The molecule has 44 heavy (non-hydrogen) atoms. The van der Waals surface area contributed by atoms with Crippen molar-refractivity contribution in [1.82, 2.24) is 25.1 Å². The van der Waals surface area contributed by atoms with Crippen LogP contribution in [0.25, 0.3) is 5.69 Å². The van der Waals surface area contributed by atoms with Crippen molar-refractivity contribution in [3.05, 3.63) is 52.8 Å². The Balaban J connectivity index is 1.32. The summed E-state index contributed by atoms with van der Waals surface area (Å²) in [5.41, 5.74) is 6.44. The number of rotatable bonds is 8. The van der Waals surface area contributed by atoms with Crippen LogP contribution in [0.15, 0.2) is 36.5 Å². The van der Waals surface area contributed by atoms with Crippen molar-refractivity contribution in [3.8, 4) is 11.6 Å². The Hall–Kier alpha value is -3.58. The number of nitrogens with two attached hydrogens (primary N) is 1. The van der Waals surface area contributed by atoms with Crippen LogP contribution in [0.2, 0.25) is 5.02 Å². The van der Waals surface area contributed by atoms with E-state index in [9.17, 15) is 18.0 Å². The lowest BCUT2D eigenvalue weighted by atomic mass is 9.76. The third-order valence-corrected chi connectivity index (χ3v) is 8.76. The average molecular weight is 636 g/mol.